The van der Waals surface area contributed by atoms with E-state index in [-0.39, 0.29) is 17.7 Å². The van der Waals surface area contributed by atoms with E-state index in [1.807, 2.05) is 29.2 Å². The van der Waals surface area contributed by atoms with Crippen LogP contribution in [-0.2, 0) is 16.1 Å². The van der Waals surface area contributed by atoms with Crippen molar-refractivity contribution in [1.82, 2.24) is 4.90 Å². The van der Waals surface area contributed by atoms with Gasteiger partial charge in [-0.05, 0) is 25.3 Å². The number of carboxylic acids is 1. The van der Waals surface area contributed by atoms with Crippen LogP contribution in [0.5, 0.6) is 5.75 Å². The Hall–Kier alpha value is -2.04. The molecule has 1 saturated carbocycles. The molecule has 22 heavy (non-hydrogen) atoms. The Kier molecular flexibility index (Phi) is 4.32. The molecular formula is C17H21NO4. The van der Waals surface area contributed by atoms with Crippen molar-refractivity contribution in [3.8, 4) is 5.75 Å². The molecular weight excluding hydrogens is 282 g/mol. The van der Waals surface area contributed by atoms with Crippen LogP contribution in [0.4, 0.5) is 0 Å². The molecule has 0 unspecified atom stereocenters. The van der Waals surface area contributed by atoms with E-state index < -0.39 is 5.97 Å². The van der Waals surface area contributed by atoms with Crippen LogP contribution in [-0.4, -0.2) is 35.0 Å². The van der Waals surface area contributed by atoms with Crippen molar-refractivity contribution in [1.29, 1.82) is 0 Å². The molecule has 5 nitrogen and oxygen atoms in total. The van der Waals surface area contributed by atoms with Crippen LogP contribution < -0.4 is 4.74 Å². The number of fused-ring (bicyclic) bond motifs is 1. The molecule has 1 aromatic rings. The normalized spacial score (nSPS) is 24.8. The molecule has 0 radical (unpaired) electrons. The molecule has 1 aliphatic heterocycles. The standard InChI is InChI=1S/C17H21NO4/c19-16(12-5-3-6-13(10-12)17(20)21)18-8-9-22-15-7-2-1-4-14(15)11-18/h1-2,4,7,12-13H,3,5-6,8-11H2,(H,20,21)/t12-,13+/m0/s1. The van der Waals surface area contributed by atoms with Gasteiger partial charge in [0.05, 0.1) is 12.5 Å². The fourth-order valence-electron chi connectivity index (χ4n) is 3.41. The minimum absolute atomic E-state index is 0.0752. The zero-order valence-corrected chi connectivity index (χ0v) is 12.5. The maximum atomic E-state index is 12.8. The van der Waals surface area contributed by atoms with Crippen molar-refractivity contribution in [3.63, 3.8) is 0 Å². The summed E-state index contributed by atoms with van der Waals surface area (Å²) in [5.41, 5.74) is 1.01. The maximum absolute atomic E-state index is 12.8. The Balaban J connectivity index is 1.71. The second-order valence-electron chi connectivity index (χ2n) is 6.11. The summed E-state index contributed by atoms with van der Waals surface area (Å²) in [5.74, 6) is -0.406. The van der Waals surface area contributed by atoms with E-state index in [9.17, 15) is 14.7 Å². The van der Waals surface area contributed by atoms with Gasteiger partial charge in [-0.3, -0.25) is 9.59 Å². The van der Waals surface area contributed by atoms with Crippen molar-refractivity contribution in [3.05, 3.63) is 29.8 Å². The van der Waals surface area contributed by atoms with E-state index >= 15 is 0 Å². The van der Waals surface area contributed by atoms with Gasteiger partial charge >= 0.3 is 5.97 Å². The van der Waals surface area contributed by atoms with Gasteiger partial charge in [-0.25, -0.2) is 0 Å². The number of carboxylic acid groups (broad SMARTS) is 1. The van der Waals surface area contributed by atoms with Crippen LogP contribution in [0.3, 0.4) is 0 Å². The lowest BCUT2D eigenvalue weighted by molar-refractivity contribution is -0.145. The van der Waals surface area contributed by atoms with E-state index in [1.165, 1.54) is 0 Å². The molecule has 1 N–H and O–H groups in total. The average Bonchev–Trinajstić information content (AvgIpc) is 2.76. The molecule has 1 heterocycles. The lowest BCUT2D eigenvalue weighted by atomic mass is 9.80. The van der Waals surface area contributed by atoms with Crippen molar-refractivity contribution in [2.75, 3.05) is 13.2 Å². The van der Waals surface area contributed by atoms with Crippen molar-refractivity contribution in [2.24, 2.45) is 11.8 Å². The smallest absolute Gasteiger partial charge is 0.306 e. The quantitative estimate of drug-likeness (QED) is 0.910. The molecule has 118 valence electrons. The number of aliphatic carboxylic acids is 1. The van der Waals surface area contributed by atoms with Gasteiger partial charge in [-0.15, -0.1) is 0 Å². The maximum Gasteiger partial charge on any atom is 0.306 e. The number of rotatable bonds is 2. The number of benzene rings is 1. The van der Waals surface area contributed by atoms with Gasteiger partial charge in [0.25, 0.3) is 0 Å². The predicted molar refractivity (Wildman–Crippen MR) is 80.4 cm³/mol. The average molecular weight is 303 g/mol. The molecule has 1 fully saturated rings. The number of carbonyl (C=O) groups excluding carboxylic acids is 1. The predicted octanol–water partition coefficient (Wildman–Crippen LogP) is 2.30. The second kappa shape index (κ2) is 6.38. The Bertz CT molecular complexity index is 572. The number of carbonyl (C=O) groups is 2. The number of hydrogen-bond acceptors (Lipinski definition) is 3. The Labute approximate surface area is 129 Å². The highest BCUT2D eigenvalue weighted by Gasteiger charge is 2.33. The molecule has 1 aromatic carbocycles. The third-order valence-electron chi connectivity index (χ3n) is 4.64. The SMILES string of the molecule is O=C(O)[C@@H]1CCC[C@H](C(=O)N2CCOc3ccccc3C2)C1. The first-order chi connectivity index (χ1) is 10.6. The first-order valence-electron chi connectivity index (χ1n) is 7.87. The topological polar surface area (TPSA) is 66.8 Å². The molecule has 0 bridgehead atoms. The molecule has 5 heteroatoms. The molecule has 0 spiro atoms. The van der Waals surface area contributed by atoms with E-state index in [2.05, 4.69) is 0 Å². The van der Waals surface area contributed by atoms with Gasteiger partial charge in [0.15, 0.2) is 0 Å². The summed E-state index contributed by atoms with van der Waals surface area (Å²) < 4.78 is 5.69. The van der Waals surface area contributed by atoms with Crippen molar-refractivity contribution in [2.45, 2.75) is 32.2 Å². The third-order valence-corrected chi connectivity index (χ3v) is 4.64. The zero-order valence-electron chi connectivity index (χ0n) is 12.5. The fraction of sp³-hybridized carbons (Fsp3) is 0.529. The lowest BCUT2D eigenvalue weighted by Crippen LogP contribution is -2.39. The van der Waals surface area contributed by atoms with Crippen molar-refractivity contribution < 1.29 is 19.4 Å². The van der Waals surface area contributed by atoms with Crippen LogP contribution in [0.2, 0.25) is 0 Å². The van der Waals surface area contributed by atoms with Gasteiger partial charge in [-0.1, -0.05) is 24.6 Å². The van der Waals surface area contributed by atoms with E-state index in [4.69, 9.17) is 4.74 Å². The number of ether oxygens (including phenoxy) is 1. The summed E-state index contributed by atoms with van der Waals surface area (Å²) in [7, 11) is 0. The highest BCUT2D eigenvalue weighted by molar-refractivity contribution is 5.80. The Morgan fingerprint density at radius 1 is 1.18 bits per heavy atom. The molecule has 1 amide bonds. The van der Waals surface area contributed by atoms with Crippen molar-refractivity contribution >= 4 is 11.9 Å². The molecule has 0 saturated heterocycles. The van der Waals surface area contributed by atoms with Crippen LogP contribution in [0.1, 0.15) is 31.2 Å². The fourth-order valence-corrected chi connectivity index (χ4v) is 3.41. The van der Waals surface area contributed by atoms with E-state index in [1.54, 1.807) is 0 Å². The Morgan fingerprint density at radius 2 is 1.95 bits per heavy atom. The summed E-state index contributed by atoms with van der Waals surface area (Å²) in [6.45, 7) is 1.59. The van der Waals surface area contributed by atoms with Gasteiger partial charge < -0.3 is 14.7 Å². The Morgan fingerprint density at radius 3 is 2.77 bits per heavy atom. The summed E-state index contributed by atoms with van der Waals surface area (Å²) in [5, 5.41) is 9.18. The second-order valence-corrected chi connectivity index (χ2v) is 6.11. The molecule has 2 atom stereocenters. The first kappa shape index (κ1) is 14.9. The van der Waals surface area contributed by atoms with Crippen LogP contribution >= 0.6 is 0 Å². The third kappa shape index (κ3) is 3.08. The summed E-state index contributed by atoms with van der Waals surface area (Å²) in [6, 6.07) is 7.76. The van der Waals surface area contributed by atoms with Crippen LogP contribution in [0.15, 0.2) is 24.3 Å². The minimum atomic E-state index is -0.776. The van der Waals surface area contributed by atoms with E-state index in [0.717, 1.165) is 24.2 Å². The number of hydrogen-bond donors (Lipinski definition) is 1. The largest absolute Gasteiger partial charge is 0.491 e. The molecule has 2 aliphatic rings. The van der Waals surface area contributed by atoms with Gasteiger partial charge in [0.1, 0.15) is 12.4 Å². The monoisotopic (exact) mass is 303 g/mol. The van der Waals surface area contributed by atoms with E-state index in [0.29, 0.717) is 32.5 Å². The van der Waals surface area contributed by atoms with Gasteiger partial charge in [0, 0.05) is 18.0 Å². The zero-order chi connectivity index (χ0) is 15.5. The summed E-state index contributed by atoms with van der Waals surface area (Å²) in [6.07, 6.45) is 2.76. The summed E-state index contributed by atoms with van der Waals surface area (Å²) >= 11 is 0. The number of para-hydroxylation sites is 1. The highest BCUT2D eigenvalue weighted by atomic mass is 16.5. The highest BCUT2D eigenvalue weighted by Crippen LogP contribution is 2.32. The molecule has 3 rings (SSSR count). The minimum Gasteiger partial charge on any atom is -0.491 e. The van der Waals surface area contributed by atoms with Gasteiger partial charge in [0.2, 0.25) is 5.91 Å². The van der Waals surface area contributed by atoms with Crippen LogP contribution in [0, 0.1) is 11.8 Å². The van der Waals surface area contributed by atoms with Gasteiger partial charge in [-0.2, -0.15) is 0 Å². The number of amides is 1. The summed E-state index contributed by atoms with van der Waals surface area (Å²) in [4.78, 5) is 25.8. The van der Waals surface area contributed by atoms with Crippen LogP contribution in [0.25, 0.3) is 0 Å². The number of nitrogens with zero attached hydrogens (tertiary/aromatic N) is 1. The molecule has 0 aromatic heterocycles. The lowest BCUT2D eigenvalue weighted by Gasteiger charge is -2.30. The first-order valence-corrected chi connectivity index (χ1v) is 7.87. The molecule has 1 aliphatic carbocycles.